The predicted octanol–water partition coefficient (Wildman–Crippen LogP) is 3.88. The molecule has 4 rings (SSSR count). The molecule has 1 N–H and O–H groups in total. The Labute approximate surface area is 152 Å². The van der Waals surface area contributed by atoms with Gasteiger partial charge in [-0.15, -0.1) is 0 Å². The number of benzene rings is 1. The van der Waals surface area contributed by atoms with Gasteiger partial charge in [0.25, 0.3) is 0 Å². The van der Waals surface area contributed by atoms with Gasteiger partial charge in [-0.05, 0) is 30.5 Å². The predicted molar refractivity (Wildman–Crippen MR) is 102 cm³/mol. The van der Waals surface area contributed by atoms with Crippen LogP contribution in [-0.2, 0) is 6.54 Å². The van der Waals surface area contributed by atoms with Crippen molar-refractivity contribution in [1.82, 2.24) is 15.0 Å². The third-order valence-corrected chi connectivity index (χ3v) is 4.32. The Morgan fingerprint density at radius 3 is 2.58 bits per heavy atom. The highest BCUT2D eigenvalue weighted by Crippen LogP contribution is 2.21. The maximum Gasteiger partial charge on any atom is 0.219 e. The van der Waals surface area contributed by atoms with E-state index in [1.54, 1.807) is 6.33 Å². The quantitative estimate of drug-likeness (QED) is 0.730. The maximum absolute atomic E-state index is 5.71. The Kier molecular flexibility index (Phi) is 4.91. The number of nitrogens with one attached hydrogen (secondary N) is 1. The second kappa shape index (κ2) is 7.82. The first-order chi connectivity index (χ1) is 12.9. The van der Waals surface area contributed by atoms with Gasteiger partial charge in [0.05, 0.1) is 0 Å². The molecule has 1 saturated heterocycles. The molecular formula is C20H21N5O. The van der Waals surface area contributed by atoms with E-state index in [2.05, 4.69) is 25.2 Å². The fourth-order valence-corrected chi connectivity index (χ4v) is 2.94. The number of aromatic nitrogens is 3. The molecule has 1 fully saturated rings. The van der Waals surface area contributed by atoms with Crippen molar-refractivity contribution in [1.29, 1.82) is 0 Å². The summed E-state index contributed by atoms with van der Waals surface area (Å²) in [6.45, 7) is 2.79. The van der Waals surface area contributed by atoms with E-state index in [0.29, 0.717) is 12.4 Å². The zero-order valence-corrected chi connectivity index (χ0v) is 14.5. The van der Waals surface area contributed by atoms with Gasteiger partial charge in [-0.1, -0.05) is 24.3 Å². The molecule has 0 bridgehead atoms. The van der Waals surface area contributed by atoms with Crippen LogP contribution in [0.1, 0.15) is 18.4 Å². The van der Waals surface area contributed by atoms with Crippen LogP contribution in [0.5, 0.6) is 11.6 Å². The van der Waals surface area contributed by atoms with Crippen molar-refractivity contribution in [3.8, 4) is 11.6 Å². The van der Waals surface area contributed by atoms with E-state index < -0.39 is 0 Å². The molecule has 1 aliphatic heterocycles. The SMILES string of the molecule is c1ccc(Oc2ccc(CNc3cc(N4CCCC4)ncn3)cn2)cc1. The number of anilines is 2. The largest absolute Gasteiger partial charge is 0.439 e. The van der Waals surface area contributed by atoms with E-state index in [1.807, 2.05) is 54.7 Å². The lowest BCUT2D eigenvalue weighted by Gasteiger charge is -2.16. The Bertz CT molecular complexity index is 832. The Balaban J connectivity index is 1.35. The number of pyridine rings is 1. The van der Waals surface area contributed by atoms with Gasteiger partial charge < -0.3 is 15.0 Å². The first-order valence-corrected chi connectivity index (χ1v) is 8.85. The van der Waals surface area contributed by atoms with E-state index in [1.165, 1.54) is 12.8 Å². The lowest BCUT2D eigenvalue weighted by Crippen LogP contribution is -2.19. The first-order valence-electron chi connectivity index (χ1n) is 8.85. The highest BCUT2D eigenvalue weighted by molar-refractivity contribution is 5.49. The number of ether oxygens (including phenoxy) is 1. The van der Waals surface area contributed by atoms with Crippen molar-refractivity contribution in [2.24, 2.45) is 0 Å². The molecule has 3 aromatic rings. The summed E-state index contributed by atoms with van der Waals surface area (Å²) in [7, 11) is 0. The van der Waals surface area contributed by atoms with E-state index in [0.717, 1.165) is 36.0 Å². The molecule has 0 saturated carbocycles. The molecule has 6 heteroatoms. The van der Waals surface area contributed by atoms with Crippen molar-refractivity contribution in [3.63, 3.8) is 0 Å². The molecule has 0 spiro atoms. The number of hydrogen-bond acceptors (Lipinski definition) is 6. The van der Waals surface area contributed by atoms with Crippen molar-refractivity contribution in [2.75, 3.05) is 23.3 Å². The van der Waals surface area contributed by atoms with Crippen LogP contribution >= 0.6 is 0 Å². The zero-order valence-electron chi connectivity index (χ0n) is 14.5. The number of nitrogens with zero attached hydrogens (tertiary/aromatic N) is 4. The van der Waals surface area contributed by atoms with Gasteiger partial charge >= 0.3 is 0 Å². The third kappa shape index (κ3) is 4.08. The molecule has 0 unspecified atom stereocenters. The van der Waals surface area contributed by atoms with Crippen molar-refractivity contribution in [3.05, 3.63) is 66.6 Å². The second-order valence-corrected chi connectivity index (χ2v) is 6.23. The van der Waals surface area contributed by atoms with Crippen molar-refractivity contribution < 1.29 is 4.74 Å². The van der Waals surface area contributed by atoms with Gasteiger partial charge in [-0.25, -0.2) is 15.0 Å². The summed E-state index contributed by atoms with van der Waals surface area (Å²) >= 11 is 0. The topological polar surface area (TPSA) is 63.2 Å². The molecule has 132 valence electrons. The number of hydrogen-bond donors (Lipinski definition) is 1. The van der Waals surface area contributed by atoms with E-state index in [9.17, 15) is 0 Å². The fraction of sp³-hybridized carbons (Fsp3) is 0.250. The monoisotopic (exact) mass is 347 g/mol. The molecule has 0 amide bonds. The van der Waals surface area contributed by atoms with E-state index >= 15 is 0 Å². The summed E-state index contributed by atoms with van der Waals surface area (Å²) in [6, 6.07) is 15.5. The molecule has 0 atom stereocenters. The lowest BCUT2D eigenvalue weighted by molar-refractivity contribution is 0.462. The molecule has 1 aromatic carbocycles. The van der Waals surface area contributed by atoms with Crippen LogP contribution in [0.25, 0.3) is 0 Å². The fourth-order valence-electron chi connectivity index (χ4n) is 2.94. The summed E-state index contributed by atoms with van der Waals surface area (Å²) in [5.74, 6) is 3.18. The van der Waals surface area contributed by atoms with Gasteiger partial charge in [-0.2, -0.15) is 0 Å². The van der Waals surface area contributed by atoms with Crippen LogP contribution in [0, 0.1) is 0 Å². The average Bonchev–Trinajstić information content (AvgIpc) is 3.23. The van der Waals surface area contributed by atoms with Gasteiger partial charge in [0.15, 0.2) is 0 Å². The minimum absolute atomic E-state index is 0.582. The van der Waals surface area contributed by atoms with Gasteiger partial charge in [0, 0.05) is 38.0 Å². The summed E-state index contributed by atoms with van der Waals surface area (Å²) < 4.78 is 5.71. The Morgan fingerprint density at radius 2 is 1.81 bits per heavy atom. The minimum Gasteiger partial charge on any atom is -0.439 e. The van der Waals surface area contributed by atoms with Crippen LogP contribution in [0.2, 0.25) is 0 Å². The molecule has 3 heterocycles. The van der Waals surface area contributed by atoms with Crippen LogP contribution in [0.4, 0.5) is 11.6 Å². The smallest absolute Gasteiger partial charge is 0.219 e. The first kappa shape index (κ1) is 16.3. The number of rotatable bonds is 6. The Morgan fingerprint density at radius 1 is 0.962 bits per heavy atom. The lowest BCUT2D eigenvalue weighted by atomic mass is 10.3. The van der Waals surface area contributed by atoms with E-state index in [4.69, 9.17) is 4.74 Å². The zero-order chi connectivity index (χ0) is 17.6. The molecule has 26 heavy (non-hydrogen) atoms. The third-order valence-electron chi connectivity index (χ3n) is 4.32. The molecular weight excluding hydrogens is 326 g/mol. The van der Waals surface area contributed by atoms with Gasteiger partial charge in [0.1, 0.15) is 23.7 Å². The molecule has 0 aliphatic carbocycles. The van der Waals surface area contributed by atoms with Crippen LogP contribution in [-0.4, -0.2) is 28.0 Å². The second-order valence-electron chi connectivity index (χ2n) is 6.23. The highest BCUT2D eigenvalue weighted by Gasteiger charge is 2.13. The van der Waals surface area contributed by atoms with Crippen LogP contribution in [0.3, 0.4) is 0 Å². The molecule has 6 nitrogen and oxygen atoms in total. The van der Waals surface area contributed by atoms with Crippen molar-refractivity contribution >= 4 is 11.6 Å². The Hall–Kier alpha value is -3.15. The standard InChI is InChI=1S/C20H21N5O/c1-2-6-17(7-3-1)26-20-9-8-16(14-22-20)13-21-18-12-19(24-15-23-18)25-10-4-5-11-25/h1-3,6-9,12,14-15H,4-5,10-11,13H2,(H,21,23,24). The average molecular weight is 347 g/mol. The van der Waals surface area contributed by atoms with Gasteiger partial charge in [0.2, 0.25) is 5.88 Å². The molecule has 2 aromatic heterocycles. The maximum atomic E-state index is 5.71. The molecule has 0 radical (unpaired) electrons. The van der Waals surface area contributed by atoms with Gasteiger partial charge in [-0.3, -0.25) is 0 Å². The highest BCUT2D eigenvalue weighted by atomic mass is 16.5. The summed E-state index contributed by atoms with van der Waals surface area (Å²) in [5, 5.41) is 3.34. The van der Waals surface area contributed by atoms with Crippen molar-refractivity contribution in [2.45, 2.75) is 19.4 Å². The summed E-state index contributed by atoms with van der Waals surface area (Å²) in [5.41, 5.74) is 1.06. The van der Waals surface area contributed by atoms with Crippen LogP contribution < -0.4 is 15.0 Å². The molecule has 1 aliphatic rings. The normalized spacial score (nSPS) is 13.6. The van der Waals surface area contributed by atoms with E-state index in [-0.39, 0.29) is 0 Å². The summed E-state index contributed by atoms with van der Waals surface area (Å²) in [4.78, 5) is 15.3. The summed E-state index contributed by atoms with van der Waals surface area (Å²) in [6.07, 6.45) is 5.89. The minimum atomic E-state index is 0.582. The number of para-hydroxylation sites is 1. The van der Waals surface area contributed by atoms with Crippen LogP contribution in [0.15, 0.2) is 61.1 Å².